The zero-order valence-electron chi connectivity index (χ0n) is 16.8. The quantitative estimate of drug-likeness (QED) is 0.554. The molecule has 0 aliphatic carbocycles. The SMILES string of the molecule is CC(NC(=O)C(NC(=O)c1ccccc1)c1ccccc1)c1cccc(OC(F)F)c1. The van der Waals surface area contributed by atoms with Crippen LogP contribution in [-0.2, 0) is 4.79 Å². The van der Waals surface area contributed by atoms with Gasteiger partial charge < -0.3 is 15.4 Å². The molecule has 0 spiro atoms. The molecule has 0 aromatic heterocycles. The molecule has 0 aliphatic heterocycles. The molecule has 2 amide bonds. The smallest absolute Gasteiger partial charge is 0.387 e. The van der Waals surface area contributed by atoms with Crippen molar-refractivity contribution in [3.63, 3.8) is 0 Å². The average molecular weight is 424 g/mol. The van der Waals surface area contributed by atoms with Crippen LogP contribution in [0.3, 0.4) is 0 Å². The molecule has 160 valence electrons. The summed E-state index contributed by atoms with van der Waals surface area (Å²) in [4.78, 5) is 25.7. The fraction of sp³-hybridized carbons (Fsp3) is 0.167. The molecule has 0 heterocycles. The lowest BCUT2D eigenvalue weighted by Crippen LogP contribution is -2.41. The summed E-state index contributed by atoms with van der Waals surface area (Å²) in [5.74, 6) is -0.807. The van der Waals surface area contributed by atoms with E-state index in [1.165, 1.54) is 12.1 Å². The minimum Gasteiger partial charge on any atom is -0.435 e. The molecule has 2 N–H and O–H groups in total. The van der Waals surface area contributed by atoms with Crippen molar-refractivity contribution in [3.05, 3.63) is 102 Å². The number of amides is 2. The molecule has 0 fully saturated rings. The van der Waals surface area contributed by atoms with Gasteiger partial charge in [0.05, 0.1) is 6.04 Å². The third-order valence-electron chi connectivity index (χ3n) is 4.65. The summed E-state index contributed by atoms with van der Waals surface area (Å²) in [5, 5.41) is 5.60. The highest BCUT2D eigenvalue weighted by Crippen LogP contribution is 2.22. The predicted octanol–water partition coefficient (Wildman–Crippen LogP) is 4.64. The molecule has 0 saturated carbocycles. The fourth-order valence-electron chi connectivity index (χ4n) is 3.09. The maximum Gasteiger partial charge on any atom is 0.387 e. The molecule has 0 bridgehead atoms. The molecule has 3 aromatic carbocycles. The van der Waals surface area contributed by atoms with Gasteiger partial charge in [0.15, 0.2) is 0 Å². The Balaban J connectivity index is 1.78. The van der Waals surface area contributed by atoms with Gasteiger partial charge in [0.2, 0.25) is 5.91 Å². The Morgan fingerprint density at radius 3 is 2.06 bits per heavy atom. The third-order valence-corrected chi connectivity index (χ3v) is 4.65. The van der Waals surface area contributed by atoms with E-state index in [0.29, 0.717) is 16.7 Å². The van der Waals surface area contributed by atoms with Crippen molar-refractivity contribution in [2.75, 3.05) is 0 Å². The number of nitrogens with one attached hydrogen (secondary N) is 2. The van der Waals surface area contributed by atoms with Gasteiger partial charge in [-0.2, -0.15) is 8.78 Å². The lowest BCUT2D eigenvalue weighted by atomic mass is 10.0. The van der Waals surface area contributed by atoms with Gasteiger partial charge in [-0.15, -0.1) is 0 Å². The topological polar surface area (TPSA) is 67.4 Å². The molecule has 0 radical (unpaired) electrons. The Kier molecular flexibility index (Phi) is 7.32. The molecule has 2 atom stereocenters. The summed E-state index contributed by atoms with van der Waals surface area (Å²) in [6, 6.07) is 22.1. The Hall–Kier alpha value is -3.74. The van der Waals surface area contributed by atoms with Crippen LogP contribution in [0.2, 0.25) is 0 Å². The van der Waals surface area contributed by atoms with E-state index in [2.05, 4.69) is 15.4 Å². The van der Waals surface area contributed by atoms with E-state index in [4.69, 9.17) is 0 Å². The standard InChI is InChI=1S/C24H22F2N2O3/c1-16(19-13-8-14-20(15-19)31-24(25)26)27-23(30)21(17-9-4-2-5-10-17)28-22(29)18-11-6-3-7-12-18/h2-16,21,24H,1H3,(H,27,30)(H,28,29). The predicted molar refractivity (Wildman–Crippen MR) is 113 cm³/mol. The van der Waals surface area contributed by atoms with E-state index >= 15 is 0 Å². The first kappa shape index (κ1) is 22.0. The largest absolute Gasteiger partial charge is 0.435 e. The van der Waals surface area contributed by atoms with E-state index in [0.717, 1.165) is 0 Å². The Bertz CT molecular complexity index is 1010. The number of carbonyl (C=O) groups is 2. The maximum atomic E-state index is 13.1. The number of ether oxygens (including phenoxy) is 1. The van der Waals surface area contributed by atoms with E-state index in [1.54, 1.807) is 73.7 Å². The van der Waals surface area contributed by atoms with Crippen LogP contribution in [-0.4, -0.2) is 18.4 Å². The van der Waals surface area contributed by atoms with E-state index < -0.39 is 24.6 Å². The molecule has 2 unspecified atom stereocenters. The number of halogens is 2. The van der Waals surface area contributed by atoms with Crippen LogP contribution in [0.1, 0.15) is 40.5 Å². The highest BCUT2D eigenvalue weighted by atomic mass is 19.3. The Labute approximate surface area is 179 Å². The number of carbonyl (C=O) groups excluding carboxylic acids is 2. The van der Waals surface area contributed by atoms with Crippen LogP contribution in [0.5, 0.6) is 5.75 Å². The molecule has 3 aromatic rings. The van der Waals surface area contributed by atoms with Crippen LogP contribution in [0.4, 0.5) is 8.78 Å². The molecule has 5 nitrogen and oxygen atoms in total. The Morgan fingerprint density at radius 2 is 1.42 bits per heavy atom. The second kappa shape index (κ2) is 10.3. The number of hydrogen-bond donors (Lipinski definition) is 2. The zero-order chi connectivity index (χ0) is 22.2. The lowest BCUT2D eigenvalue weighted by Gasteiger charge is -2.22. The number of rotatable bonds is 8. The van der Waals surface area contributed by atoms with Gasteiger partial charge in [-0.05, 0) is 42.3 Å². The van der Waals surface area contributed by atoms with Crippen molar-refractivity contribution >= 4 is 11.8 Å². The van der Waals surface area contributed by atoms with Crippen LogP contribution in [0.15, 0.2) is 84.9 Å². The minimum absolute atomic E-state index is 0.00517. The number of alkyl halides is 2. The van der Waals surface area contributed by atoms with Crippen molar-refractivity contribution in [3.8, 4) is 5.75 Å². The average Bonchev–Trinajstić information content (AvgIpc) is 2.78. The van der Waals surface area contributed by atoms with E-state index in [9.17, 15) is 18.4 Å². The molecule has 0 saturated heterocycles. The summed E-state index contributed by atoms with van der Waals surface area (Å²) in [5.41, 5.74) is 1.64. The van der Waals surface area contributed by atoms with Gasteiger partial charge in [0.25, 0.3) is 5.91 Å². The van der Waals surface area contributed by atoms with Crippen LogP contribution >= 0.6 is 0 Å². The van der Waals surface area contributed by atoms with Gasteiger partial charge in [-0.3, -0.25) is 9.59 Å². The number of benzene rings is 3. The summed E-state index contributed by atoms with van der Waals surface area (Å²) < 4.78 is 29.4. The monoisotopic (exact) mass is 424 g/mol. The van der Waals surface area contributed by atoms with Gasteiger partial charge in [0, 0.05) is 5.56 Å². The van der Waals surface area contributed by atoms with Crippen molar-refractivity contribution < 1.29 is 23.1 Å². The van der Waals surface area contributed by atoms with Crippen LogP contribution in [0, 0.1) is 0 Å². The number of hydrogen-bond acceptors (Lipinski definition) is 3. The first-order valence-electron chi connectivity index (χ1n) is 9.70. The second-order valence-corrected chi connectivity index (χ2v) is 6.86. The summed E-state index contributed by atoms with van der Waals surface area (Å²) in [6.45, 7) is -1.21. The second-order valence-electron chi connectivity index (χ2n) is 6.86. The van der Waals surface area contributed by atoms with E-state index in [1.807, 2.05) is 6.07 Å². The molecular weight excluding hydrogens is 402 g/mol. The zero-order valence-corrected chi connectivity index (χ0v) is 16.8. The van der Waals surface area contributed by atoms with Crippen LogP contribution < -0.4 is 15.4 Å². The van der Waals surface area contributed by atoms with Crippen molar-refractivity contribution in [2.45, 2.75) is 25.6 Å². The van der Waals surface area contributed by atoms with Crippen molar-refractivity contribution in [1.29, 1.82) is 0 Å². The fourth-order valence-corrected chi connectivity index (χ4v) is 3.09. The highest BCUT2D eigenvalue weighted by molar-refractivity contribution is 5.97. The minimum atomic E-state index is -2.93. The summed E-state index contributed by atoms with van der Waals surface area (Å²) >= 11 is 0. The van der Waals surface area contributed by atoms with Crippen molar-refractivity contribution in [1.82, 2.24) is 10.6 Å². The highest BCUT2D eigenvalue weighted by Gasteiger charge is 2.25. The van der Waals surface area contributed by atoms with Gasteiger partial charge >= 0.3 is 6.61 Å². The summed E-state index contributed by atoms with van der Waals surface area (Å²) in [7, 11) is 0. The van der Waals surface area contributed by atoms with Gasteiger partial charge in [-0.25, -0.2) is 0 Å². The van der Waals surface area contributed by atoms with E-state index in [-0.39, 0.29) is 11.7 Å². The van der Waals surface area contributed by atoms with Crippen molar-refractivity contribution in [2.24, 2.45) is 0 Å². The Morgan fingerprint density at radius 1 is 0.806 bits per heavy atom. The van der Waals surface area contributed by atoms with Crippen LogP contribution in [0.25, 0.3) is 0 Å². The first-order chi connectivity index (χ1) is 14.9. The molecule has 3 rings (SSSR count). The maximum absolute atomic E-state index is 13.1. The molecule has 0 aliphatic rings. The summed E-state index contributed by atoms with van der Waals surface area (Å²) in [6.07, 6.45) is 0. The molecule has 31 heavy (non-hydrogen) atoms. The third kappa shape index (κ3) is 6.12. The first-order valence-corrected chi connectivity index (χ1v) is 9.70. The molecule has 7 heteroatoms. The molecular formula is C24H22F2N2O3. The van der Waals surface area contributed by atoms with Gasteiger partial charge in [0.1, 0.15) is 11.8 Å². The lowest BCUT2D eigenvalue weighted by molar-refractivity contribution is -0.123. The normalized spacial score (nSPS) is 12.6. The van der Waals surface area contributed by atoms with Gasteiger partial charge in [-0.1, -0.05) is 60.7 Å².